The maximum Gasteiger partial charge on any atom is 0.254 e. The quantitative estimate of drug-likeness (QED) is 0.596. The van der Waals surface area contributed by atoms with Crippen LogP contribution in [0.2, 0.25) is 5.02 Å². The summed E-state index contributed by atoms with van der Waals surface area (Å²) in [5.41, 5.74) is 6.49. The third kappa shape index (κ3) is 4.40. The number of benzene rings is 1. The van der Waals surface area contributed by atoms with Crippen molar-refractivity contribution in [3.05, 3.63) is 28.8 Å². The molecule has 0 heterocycles. The topological polar surface area (TPSA) is 64.4 Å². The molecule has 1 aromatic carbocycles. The van der Waals surface area contributed by atoms with Crippen molar-refractivity contribution in [1.29, 1.82) is 0 Å². The molecule has 3 N–H and O–H groups in total. The van der Waals surface area contributed by atoms with Gasteiger partial charge in [0, 0.05) is 25.4 Å². The number of hydrogen-bond donors (Lipinski definition) is 2. The van der Waals surface area contributed by atoms with Crippen molar-refractivity contribution in [2.24, 2.45) is 5.92 Å². The Bertz CT molecular complexity index is 427. The molecule has 104 valence electrons. The van der Waals surface area contributed by atoms with E-state index in [2.05, 4.69) is 5.32 Å². The number of nitrogens with one attached hydrogen (secondary N) is 1. The molecule has 1 saturated carbocycles. The minimum Gasteiger partial charge on any atom is -0.398 e. The summed E-state index contributed by atoms with van der Waals surface area (Å²) in [7, 11) is 0. The summed E-state index contributed by atoms with van der Waals surface area (Å²) in [6.07, 6.45) is 3.38. The molecule has 2 rings (SSSR count). The molecule has 1 aliphatic carbocycles. The zero-order valence-corrected chi connectivity index (χ0v) is 11.6. The molecule has 19 heavy (non-hydrogen) atoms. The highest BCUT2D eigenvalue weighted by atomic mass is 35.5. The van der Waals surface area contributed by atoms with Crippen molar-refractivity contribution in [1.82, 2.24) is 5.32 Å². The normalized spacial score (nSPS) is 14.4. The van der Waals surface area contributed by atoms with Crippen LogP contribution in [0.3, 0.4) is 0 Å². The molecule has 0 bridgehead atoms. The van der Waals surface area contributed by atoms with E-state index in [9.17, 15) is 4.79 Å². The Morgan fingerprint density at radius 2 is 2.26 bits per heavy atom. The van der Waals surface area contributed by atoms with Crippen LogP contribution >= 0.6 is 11.6 Å². The summed E-state index contributed by atoms with van der Waals surface area (Å²) in [6, 6.07) is 5.05. The van der Waals surface area contributed by atoms with Crippen molar-refractivity contribution in [3.8, 4) is 0 Å². The molecule has 1 aliphatic rings. The second kappa shape index (κ2) is 6.78. The number of amides is 1. The van der Waals surface area contributed by atoms with Gasteiger partial charge in [-0.1, -0.05) is 17.7 Å². The lowest BCUT2D eigenvalue weighted by Gasteiger charge is -2.09. The third-order valence-electron chi connectivity index (χ3n) is 3.07. The lowest BCUT2D eigenvalue weighted by Crippen LogP contribution is -2.26. The number of ether oxygens (including phenoxy) is 1. The Balaban J connectivity index is 1.68. The van der Waals surface area contributed by atoms with E-state index in [1.807, 2.05) is 0 Å². The molecule has 5 heteroatoms. The summed E-state index contributed by atoms with van der Waals surface area (Å²) >= 11 is 5.96. The number of nitrogens with two attached hydrogens (primary N) is 1. The fraction of sp³-hybridized carbons (Fsp3) is 0.500. The van der Waals surface area contributed by atoms with Gasteiger partial charge in [-0.2, -0.15) is 0 Å². The van der Waals surface area contributed by atoms with E-state index < -0.39 is 0 Å². The maximum atomic E-state index is 11.9. The lowest BCUT2D eigenvalue weighted by atomic mass is 10.1. The molecule has 1 fully saturated rings. The zero-order chi connectivity index (χ0) is 13.7. The fourth-order valence-electron chi connectivity index (χ4n) is 1.78. The first-order valence-electron chi connectivity index (χ1n) is 6.58. The molecular formula is C14H19ClN2O2. The average molecular weight is 283 g/mol. The van der Waals surface area contributed by atoms with E-state index in [0.717, 1.165) is 18.9 Å². The monoisotopic (exact) mass is 282 g/mol. The highest BCUT2D eigenvalue weighted by Crippen LogP contribution is 2.28. The second-order valence-corrected chi connectivity index (χ2v) is 5.24. The van der Waals surface area contributed by atoms with Gasteiger partial charge in [0.25, 0.3) is 5.91 Å². The largest absolute Gasteiger partial charge is 0.398 e. The SMILES string of the molecule is Nc1cccc(Cl)c1C(=O)NCCCOCC1CC1. The van der Waals surface area contributed by atoms with E-state index in [1.54, 1.807) is 18.2 Å². The number of nitrogen functional groups attached to an aromatic ring is 1. The van der Waals surface area contributed by atoms with Gasteiger partial charge in [0.05, 0.1) is 10.6 Å². The van der Waals surface area contributed by atoms with Crippen LogP contribution in [0.1, 0.15) is 29.6 Å². The Morgan fingerprint density at radius 1 is 1.47 bits per heavy atom. The Morgan fingerprint density at radius 3 is 2.95 bits per heavy atom. The Hall–Kier alpha value is -1.26. The summed E-state index contributed by atoms with van der Waals surface area (Å²) in [5, 5.41) is 3.18. The first kappa shape index (κ1) is 14.2. The Labute approximate surface area is 118 Å². The standard InChI is InChI=1S/C14H19ClN2O2/c15-11-3-1-4-12(16)13(11)14(18)17-7-2-8-19-9-10-5-6-10/h1,3-4,10H,2,5-9,16H2,(H,17,18). The predicted octanol–water partition coefficient (Wildman–Crippen LogP) is 2.47. The van der Waals surface area contributed by atoms with Gasteiger partial charge in [-0.3, -0.25) is 4.79 Å². The van der Waals surface area contributed by atoms with Crippen LogP contribution in [-0.2, 0) is 4.74 Å². The lowest BCUT2D eigenvalue weighted by molar-refractivity contribution is 0.0938. The smallest absolute Gasteiger partial charge is 0.254 e. The van der Waals surface area contributed by atoms with E-state index >= 15 is 0 Å². The van der Waals surface area contributed by atoms with E-state index in [4.69, 9.17) is 22.1 Å². The average Bonchev–Trinajstić information content (AvgIpc) is 3.17. The molecule has 1 amide bonds. The highest BCUT2D eigenvalue weighted by molar-refractivity contribution is 6.34. The Kier molecular flexibility index (Phi) is 5.05. The second-order valence-electron chi connectivity index (χ2n) is 4.83. The van der Waals surface area contributed by atoms with Gasteiger partial charge in [-0.25, -0.2) is 0 Å². The van der Waals surface area contributed by atoms with Crippen molar-refractivity contribution >= 4 is 23.2 Å². The van der Waals surface area contributed by atoms with E-state index in [1.165, 1.54) is 12.8 Å². The zero-order valence-electron chi connectivity index (χ0n) is 10.8. The van der Waals surface area contributed by atoms with Crippen molar-refractivity contribution in [2.45, 2.75) is 19.3 Å². The van der Waals surface area contributed by atoms with Crippen LogP contribution in [-0.4, -0.2) is 25.7 Å². The summed E-state index contributed by atoms with van der Waals surface area (Å²) in [6.45, 7) is 2.09. The number of carbonyl (C=O) groups is 1. The maximum absolute atomic E-state index is 11.9. The number of rotatable bonds is 7. The van der Waals surface area contributed by atoms with Gasteiger partial charge < -0.3 is 15.8 Å². The first-order chi connectivity index (χ1) is 9.18. The van der Waals surface area contributed by atoms with Crippen molar-refractivity contribution in [2.75, 3.05) is 25.5 Å². The van der Waals surface area contributed by atoms with Gasteiger partial charge in [-0.05, 0) is 37.3 Å². The third-order valence-corrected chi connectivity index (χ3v) is 3.39. The molecule has 0 unspecified atom stereocenters. The van der Waals surface area contributed by atoms with Crippen molar-refractivity contribution in [3.63, 3.8) is 0 Å². The van der Waals surface area contributed by atoms with Crippen LogP contribution in [0.25, 0.3) is 0 Å². The number of anilines is 1. The van der Waals surface area contributed by atoms with Gasteiger partial charge >= 0.3 is 0 Å². The molecule has 0 radical (unpaired) electrons. The molecular weight excluding hydrogens is 264 g/mol. The van der Waals surface area contributed by atoms with Crippen LogP contribution in [0, 0.1) is 5.92 Å². The van der Waals surface area contributed by atoms with Crippen LogP contribution in [0.5, 0.6) is 0 Å². The van der Waals surface area contributed by atoms with Crippen LogP contribution < -0.4 is 11.1 Å². The highest BCUT2D eigenvalue weighted by Gasteiger charge is 2.20. The van der Waals surface area contributed by atoms with Crippen molar-refractivity contribution < 1.29 is 9.53 Å². The molecule has 0 atom stereocenters. The summed E-state index contributed by atoms with van der Waals surface area (Å²) < 4.78 is 5.49. The molecule has 4 nitrogen and oxygen atoms in total. The summed E-state index contributed by atoms with van der Waals surface area (Å²) in [5.74, 6) is 0.544. The predicted molar refractivity (Wildman–Crippen MR) is 76.4 cm³/mol. The first-order valence-corrected chi connectivity index (χ1v) is 6.96. The van der Waals surface area contributed by atoms with Crippen LogP contribution in [0.15, 0.2) is 18.2 Å². The molecule has 1 aromatic rings. The van der Waals surface area contributed by atoms with Gasteiger partial charge in [0.1, 0.15) is 0 Å². The number of carbonyl (C=O) groups excluding carboxylic acids is 1. The van der Waals surface area contributed by atoms with Gasteiger partial charge in [0.2, 0.25) is 0 Å². The van der Waals surface area contributed by atoms with Gasteiger partial charge in [-0.15, -0.1) is 0 Å². The number of halogens is 1. The number of hydrogen-bond acceptors (Lipinski definition) is 3. The minimum absolute atomic E-state index is 0.231. The van der Waals surface area contributed by atoms with Crippen LogP contribution in [0.4, 0.5) is 5.69 Å². The fourth-order valence-corrected chi connectivity index (χ4v) is 2.05. The van der Waals surface area contributed by atoms with E-state index in [0.29, 0.717) is 29.4 Å². The summed E-state index contributed by atoms with van der Waals surface area (Å²) in [4.78, 5) is 11.9. The van der Waals surface area contributed by atoms with Gasteiger partial charge in [0.15, 0.2) is 0 Å². The van der Waals surface area contributed by atoms with E-state index in [-0.39, 0.29) is 5.91 Å². The minimum atomic E-state index is -0.231. The molecule has 0 aromatic heterocycles. The molecule has 0 spiro atoms. The molecule has 0 saturated heterocycles. The molecule has 0 aliphatic heterocycles.